The fraction of sp³-hybridized carbons (Fsp3) is 0.421. The van der Waals surface area contributed by atoms with E-state index in [1.165, 1.54) is 0 Å². The van der Waals surface area contributed by atoms with Gasteiger partial charge in [0.05, 0.1) is 44.1 Å². The van der Waals surface area contributed by atoms with E-state index in [1.54, 1.807) is 42.1 Å². The first-order valence-electron chi connectivity index (χ1n) is 9.07. The molecule has 1 aromatic heterocycles. The fourth-order valence-corrected chi connectivity index (χ4v) is 2.38. The largest absolute Gasteiger partial charge is 0.379 e. The predicted molar refractivity (Wildman–Crippen MR) is 106 cm³/mol. The van der Waals surface area contributed by atoms with Crippen LogP contribution in [0.5, 0.6) is 0 Å². The summed E-state index contributed by atoms with van der Waals surface area (Å²) in [6, 6.07) is 8.58. The summed E-state index contributed by atoms with van der Waals surface area (Å²) in [7, 11) is 1.80. The minimum absolute atomic E-state index is 0.173. The first-order chi connectivity index (χ1) is 13.5. The van der Waals surface area contributed by atoms with Crippen LogP contribution < -0.4 is 16.4 Å². The highest BCUT2D eigenvalue weighted by Gasteiger charge is 2.14. The van der Waals surface area contributed by atoms with E-state index in [0.717, 1.165) is 5.69 Å². The monoisotopic (exact) mass is 389 g/mol. The molecule has 2 aromatic rings. The molecule has 4 N–H and O–H groups in total. The Morgan fingerprint density at radius 3 is 2.50 bits per heavy atom. The number of anilines is 2. The van der Waals surface area contributed by atoms with Gasteiger partial charge < -0.3 is 25.8 Å². The van der Waals surface area contributed by atoms with Crippen LogP contribution >= 0.6 is 0 Å². The number of hydrogen-bond acceptors (Lipinski definition) is 6. The van der Waals surface area contributed by atoms with Crippen molar-refractivity contribution in [1.82, 2.24) is 9.78 Å². The Morgan fingerprint density at radius 2 is 1.82 bits per heavy atom. The Morgan fingerprint density at radius 1 is 1.11 bits per heavy atom. The molecule has 0 aliphatic rings. The lowest BCUT2D eigenvalue weighted by molar-refractivity contribution is -0.117. The molecule has 1 aromatic carbocycles. The van der Waals surface area contributed by atoms with Gasteiger partial charge in [0, 0.05) is 25.4 Å². The van der Waals surface area contributed by atoms with Crippen molar-refractivity contribution >= 4 is 23.3 Å². The standard InChI is InChI=1S/C19H27N5O4/c1-14-13-17(23-24(14)2)22-19(26)15-5-3-4-6-16(15)21-18(25)7-9-27-11-12-28-10-8-20/h3-6,13H,7-12,20H2,1-2H3,(H,21,25)(H,22,23,26). The lowest BCUT2D eigenvalue weighted by Crippen LogP contribution is -2.19. The van der Waals surface area contributed by atoms with Gasteiger partial charge >= 0.3 is 0 Å². The average Bonchev–Trinajstić information content (AvgIpc) is 2.98. The molecule has 28 heavy (non-hydrogen) atoms. The number of aryl methyl sites for hydroxylation is 2. The second kappa shape index (κ2) is 11.2. The highest BCUT2D eigenvalue weighted by atomic mass is 16.5. The van der Waals surface area contributed by atoms with E-state index in [2.05, 4.69) is 15.7 Å². The van der Waals surface area contributed by atoms with Crippen LogP contribution in [-0.4, -0.2) is 54.6 Å². The van der Waals surface area contributed by atoms with Gasteiger partial charge in [0.15, 0.2) is 5.82 Å². The third kappa shape index (κ3) is 6.76. The van der Waals surface area contributed by atoms with E-state index in [0.29, 0.717) is 43.4 Å². The van der Waals surface area contributed by atoms with Crippen LogP contribution in [0.4, 0.5) is 11.5 Å². The highest BCUT2D eigenvalue weighted by molar-refractivity contribution is 6.09. The Balaban J connectivity index is 1.85. The number of benzene rings is 1. The van der Waals surface area contributed by atoms with Gasteiger partial charge in [-0.25, -0.2) is 0 Å². The number of carbonyl (C=O) groups is 2. The van der Waals surface area contributed by atoms with Gasteiger partial charge in [-0.1, -0.05) is 12.1 Å². The Bertz CT molecular complexity index is 771. The molecular formula is C19H27N5O4. The smallest absolute Gasteiger partial charge is 0.258 e. The zero-order chi connectivity index (χ0) is 20.4. The topological polar surface area (TPSA) is 120 Å². The van der Waals surface area contributed by atoms with E-state index in [9.17, 15) is 9.59 Å². The number of ether oxygens (including phenoxy) is 2. The number of nitrogens with two attached hydrogens (primary N) is 1. The molecule has 0 fully saturated rings. The molecule has 0 radical (unpaired) electrons. The Kier molecular flexibility index (Phi) is 8.60. The van der Waals surface area contributed by atoms with E-state index in [4.69, 9.17) is 15.2 Å². The Labute approximate surface area is 164 Å². The normalized spacial score (nSPS) is 10.7. The third-order valence-corrected chi connectivity index (χ3v) is 3.91. The molecule has 0 saturated carbocycles. The minimum Gasteiger partial charge on any atom is -0.379 e. The molecule has 0 unspecified atom stereocenters. The number of rotatable bonds is 11. The first-order valence-corrected chi connectivity index (χ1v) is 9.07. The average molecular weight is 389 g/mol. The van der Waals surface area contributed by atoms with Crippen molar-refractivity contribution in [2.45, 2.75) is 13.3 Å². The van der Waals surface area contributed by atoms with Gasteiger partial charge in [-0.3, -0.25) is 14.3 Å². The molecule has 9 heteroatoms. The van der Waals surface area contributed by atoms with Gasteiger partial charge in [0.1, 0.15) is 0 Å². The van der Waals surface area contributed by atoms with Crippen molar-refractivity contribution in [3.05, 3.63) is 41.6 Å². The van der Waals surface area contributed by atoms with Gasteiger partial charge in [0.2, 0.25) is 5.91 Å². The molecule has 2 amide bonds. The molecule has 0 spiro atoms. The summed E-state index contributed by atoms with van der Waals surface area (Å²) in [4.78, 5) is 24.7. The molecule has 1 heterocycles. The highest BCUT2D eigenvalue weighted by Crippen LogP contribution is 2.17. The van der Waals surface area contributed by atoms with Crippen molar-refractivity contribution < 1.29 is 19.1 Å². The van der Waals surface area contributed by atoms with Gasteiger partial charge in [-0.05, 0) is 19.1 Å². The molecule has 152 valence electrons. The van der Waals surface area contributed by atoms with Crippen molar-refractivity contribution in [3.63, 3.8) is 0 Å². The second-order valence-corrected chi connectivity index (χ2v) is 6.11. The van der Waals surface area contributed by atoms with Gasteiger partial charge in [-0.15, -0.1) is 0 Å². The molecule has 0 saturated heterocycles. The van der Waals surface area contributed by atoms with E-state index in [-0.39, 0.29) is 24.8 Å². The molecule has 0 bridgehead atoms. The van der Waals surface area contributed by atoms with E-state index < -0.39 is 0 Å². The summed E-state index contributed by atoms with van der Waals surface area (Å²) in [5.74, 6) is -0.129. The number of nitrogens with one attached hydrogen (secondary N) is 2. The van der Waals surface area contributed by atoms with Crippen LogP contribution in [0.15, 0.2) is 30.3 Å². The summed E-state index contributed by atoms with van der Waals surface area (Å²) < 4.78 is 12.2. The van der Waals surface area contributed by atoms with E-state index in [1.807, 2.05) is 6.92 Å². The zero-order valence-corrected chi connectivity index (χ0v) is 16.2. The van der Waals surface area contributed by atoms with Crippen molar-refractivity contribution in [2.24, 2.45) is 12.8 Å². The number of carbonyl (C=O) groups excluding carboxylic acids is 2. The SMILES string of the molecule is Cc1cc(NC(=O)c2ccccc2NC(=O)CCOCCOCCN)nn1C. The number of amides is 2. The number of para-hydroxylation sites is 1. The van der Waals surface area contributed by atoms with E-state index >= 15 is 0 Å². The first kappa shape index (κ1) is 21.5. The van der Waals surface area contributed by atoms with Crippen LogP contribution in [-0.2, 0) is 21.3 Å². The maximum Gasteiger partial charge on any atom is 0.258 e. The van der Waals surface area contributed by atoms with Crippen LogP contribution in [0.3, 0.4) is 0 Å². The van der Waals surface area contributed by atoms with Crippen LogP contribution in [0.1, 0.15) is 22.5 Å². The summed E-state index contributed by atoms with van der Waals surface area (Å²) >= 11 is 0. The lowest BCUT2D eigenvalue weighted by Gasteiger charge is -2.11. The maximum atomic E-state index is 12.6. The van der Waals surface area contributed by atoms with Crippen LogP contribution in [0, 0.1) is 6.92 Å². The Hall–Kier alpha value is -2.75. The van der Waals surface area contributed by atoms with Crippen molar-refractivity contribution in [2.75, 3.05) is 43.6 Å². The van der Waals surface area contributed by atoms with Gasteiger partial charge in [0.25, 0.3) is 5.91 Å². The second-order valence-electron chi connectivity index (χ2n) is 6.11. The molecular weight excluding hydrogens is 362 g/mol. The molecule has 2 rings (SSSR count). The summed E-state index contributed by atoms with van der Waals surface area (Å²) in [5, 5.41) is 9.70. The molecule has 9 nitrogen and oxygen atoms in total. The van der Waals surface area contributed by atoms with Crippen molar-refractivity contribution in [1.29, 1.82) is 0 Å². The zero-order valence-electron chi connectivity index (χ0n) is 16.2. The summed E-state index contributed by atoms with van der Waals surface area (Å²) in [5.41, 5.74) is 7.03. The van der Waals surface area contributed by atoms with Crippen LogP contribution in [0.2, 0.25) is 0 Å². The molecule has 0 aliphatic heterocycles. The quantitative estimate of drug-likeness (QED) is 0.498. The number of aromatic nitrogens is 2. The predicted octanol–water partition coefficient (Wildman–Crippen LogP) is 1.30. The summed E-state index contributed by atoms with van der Waals surface area (Å²) in [6.45, 7) is 3.95. The maximum absolute atomic E-state index is 12.6. The fourth-order valence-electron chi connectivity index (χ4n) is 2.38. The molecule has 0 atom stereocenters. The van der Waals surface area contributed by atoms with Crippen LogP contribution in [0.25, 0.3) is 0 Å². The number of nitrogens with zero attached hydrogens (tertiary/aromatic N) is 2. The van der Waals surface area contributed by atoms with Gasteiger partial charge in [-0.2, -0.15) is 5.10 Å². The minimum atomic E-state index is -0.345. The summed E-state index contributed by atoms with van der Waals surface area (Å²) in [6.07, 6.45) is 0.173. The third-order valence-electron chi connectivity index (χ3n) is 3.91. The lowest BCUT2D eigenvalue weighted by atomic mass is 10.1. The number of hydrogen-bond donors (Lipinski definition) is 3. The molecule has 0 aliphatic carbocycles. The van der Waals surface area contributed by atoms with Crippen molar-refractivity contribution in [3.8, 4) is 0 Å².